The maximum absolute atomic E-state index is 10.1. The van der Waals surface area contributed by atoms with Gasteiger partial charge in [0, 0.05) is 19.1 Å². The first kappa shape index (κ1) is 16.7. The molecule has 1 saturated heterocycles. The molecule has 0 aromatic carbocycles. The van der Waals surface area contributed by atoms with E-state index in [2.05, 4.69) is 30.1 Å². The fourth-order valence-electron chi connectivity index (χ4n) is 3.49. The van der Waals surface area contributed by atoms with E-state index in [4.69, 9.17) is 5.26 Å². The van der Waals surface area contributed by atoms with Crippen LogP contribution in [0, 0.1) is 29.1 Å². The largest absolute Gasteiger partial charge is 0.393 e. The third kappa shape index (κ3) is 5.25. The Bertz CT molecular complexity index is 348. The Hall–Kier alpha value is -0.630. The minimum absolute atomic E-state index is 0.218. The van der Waals surface area contributed by atoms with E-state index in [1.807, 2.05) is 0 Å². The molecule has 4 heteroatoms. The van der Waals surface area contributed by atoms with Crippen LogP contribution in [0.1, 0.15) is 46.0 Å². The van der Waals surface area contributed by atoms with Crippen LogP contribution < -0.4 is 5.32 Å². The number of hydrogen-bond donors (Lipinski definition) is 2. The van der Waals surface area contributed by atoms with Crippen molar-refractivity contribution in [2.75, 3.05) is 26.2 Å². The Kier molecular flexibility index (Phi) is 6.47. The summed E-state index contributed by atoms with van der Waals surface area (Å²) in [6.45, 7) is 7.73. The summed E-state index contributed by atoms with van der Waals surface area (Å²) in [6, 6.07) is 2.76. The van der Waals surface area contributed by atoms with E-state index >= 15 is 0 Å². The molecule has 0 spiro atoms. The highest BCUT2D eigenvalue weighted by Crippen LogP contribution is 2.27. The third-order valence-electron chi connectivity index (χ3n) is 5.17. The van der Waals surface area contributed by atoms with Gasteiger partial charge in [-0.3, -0.25) is 4.90 Å². The second kappa shape index (κ2) is 8.12. The molecule has 1 aliphatic carbocycles. The standard InChI is InChI=1S/C17H31N3O/c1-13(2)17(21)9-15-8-16(12-20(11-15)7-6-18)19-10-14-4-3-5-14/h13-17,19,21H,3-5,7-12H2,1-2H3. The zero-order chi connectivity index (χ0) is 15.2. The monoisotopic (exact) mass is 293 g/mol. The Morgan fingerprint density at radius 1 is 1.29 bits per heavy atom. The van der Waals surface area contributed by atoms with Gasteiger partial charge in [0.1, 0.15) is 0 Å². The van der Waals surface area contributed by atoms with Gasteiger partial charge in [-0.05, 0) is 50.0 Å². The molecule has 120 valence electrons. The molecule has 2 fully saturated rings. The predicted octanol–water partition coefficient (Wildman–Crippen LogP) is 2.00. The Morgan fingerprint density at radius 3 is 2.62 bits per heavy atom. The molecular weight excluding hydrogens is 262 g/mol. The number of aliphatic hydroxyl groups excluding tert-OH is 1. The Balaban J connectivity index is 1.83. The lowest BCUT2D eigenvalue weighted by Gasteiger charge is -2.39. The second-order valence-electron chi connectivity index (χ2n) is 7.40. The SMILES string of the molecule is CC(C)C(O)CC1CC(NCC2CCC2)CN(CC#N)C1. The van der Waals surface area contributed by atoms with E-state index in [0.29, 0.717) is 24.4 Å². The first-order valence-corrected chi connectivity index (χ1v) is 8.59. The van der Waals surface area contributed by atoms with Gasteiger partial charge in [0.15, 0.2) is 0 Å². The van der Waals surface area contributed by atoms with Crippen LogP contribution in [-0.2, 0) is 0 Å². The van der Waals surface area contributed by atoms with Gasteiger partial charge in [-0.25, -0.2) is 0 Å². The van der Waals surface area contributed by atoms with E-state index in [9.17, 15) is 5.11 Å². The fourth-order valence-corrected chi connectivity index (χ4v) is 3.49. The molecular formula is C17H31N3O. The maximum Gasteiger partial charge on any atom is 0.0866 e. The lowest BCUT2D eigenvalue weighted by molar-refractivity contribution is 0.0641. The zero-order valence-electron chi connectivity index (χ0n) is 13.6. The molecule has 0 aromatic rings. The molecule has 2 N–H and O–H groups in total. The number of nitriles is 1. The minimum atomic E-state index is -0.218. The van der Waals surface area contributed by atoms with Crippen molar-refractivity contribution >= 4 is 0 Å². The highest BCUT2D eigenvalue weighted by Gasteiger charge is 2.29. The molecule has 4 nitrogen and oxygen atoms in total. The van der Waals surface area contributed by atoms with Crippen molar-refractivity contribution in [2.45, 2.75) is 58.1 Å². The fraction of sp³-hybridized carbons (Fsp3) is 0.941. The zero-order valence-corrected chi connectivity index (χ0v) is 13.6. The summed E-state index contributed by atoms with van der Waals surface area (Å²) >= 11 is 0. The van der Waals surface area contributed by atoms with Gasteiger partial charge in [0.2, 0.25) is 0 Å². The van der Waals surface area contributed by atoms with Gasteiger partial charge >= 0.3 is 0 Å². The minimum Gasteiger partial charge on any atom is -0.393 e. The van der Waals surface area contributed by atoms with Crippen LogP contribution in [0.2, 0.25) is 0 Å². The summed E-state index contributed by atoms with van der Waals surface area (Å²) in [5.41, 5.74) is 0. The second-order valence-corrected chi connectivity index (χ2v) is 7.40. The topological polar surface area (TPSA) is 59.3 Å². The molecule has 3 atom stereocenters. The first-order valence-electron chi connectivity index (χ1n) is 8.59. The molecule has 0 aromatic heterocycles. The normalized spacial score (nSPS) is 29.1. The number of nitrogens with one attached hydrogen (secondary N) is 1. The first-order chi connectivity index (χ1) is 10.1. The molecule has 1 aliphatic heterocycles. The highest BCUT2D eigenvalue weighted by molar-refractivity contribution is 4.89. The van der Waals surface area contributed by atoms with Gasteiger partial charge in [0.25, 0.3) is 0 Å². The van der Waals surface area contributed by atoms with Gasteiger partial charge in [-0.2, -0.15) is 5.26 Å². The molecule has 0 bridgehead atoms. The average molecular weight is 293 g/mol. The molecule has 3 unspecified atom stereocenters. The van der Waals surface area contributed by atoms with E-state index in [1.165, 1.54) is 19.3 Å². The highest BCUT2D eigenvalue weighted by atomic mass is 16.3. The summed E-state index contributed by atoms with van der Waals surface area (Å²) in [7, 11) is 0. The number of piperidine rings is 1. The summed E-state index contributed by atoms with van der Waals surface area (Å²) < 4.78 is 0. The van der Waals surface area contributed by atoms with Crippen molar-refractivity contribution in [3.8, 4) is 6.07 Å². The maximum atomic E-state index is 10.1. The van der Waals surface area contributed by atoms with Gasteiger partial charge in [-0.1, -0.05) is 20.3 Å². The van der Waals surface area contributed by atoms with Crippen molar-refractivity contribution in [3.05, 3.63) is 0 Å². The van der Waals surface area contributed by atoms with Gasteiger partial charge in [-0.15, -0.1) is 0 Å². The van der Waals surface area contributed by atoms with Crippen LogP contribution in [0.15, 0.2) is 0 Å². The molecule has 2 rings (SSSR count). The van der Waals surface area contributed by atoms with E-state index in [-0.39, 0.29) is 6.10 Å². The van der Waals surface area contributed by atoms with Crippen LogP contribution in [0.3, 0.4) is 0 Å². The summed E-state index contributed by atoms with van der Waals surface area (Å²) in [5.74, 6) is 1.69. The van der Waals surface area contributed by atoms with Crippen molar-refractivity contribution in [2.24, 2.45) is 17.8 Å². The quantitative estimate of drug-likeness (QED) is 0.705. The van der Waals surface area contributed by atoms with Crippen molar-refractivity contribution < 1.29 is 5.11 Å². The Morgan fingerprint density at radius 2 is 2.05 bits per heavy atom. The smallest absolute Gasteiger partial charge is 0.0866 e. The van der Waals surface area contributed by atoms with Crippen LogP contribution in [0.5, 0.6) is 0 Å². The van der Waals surface area contributed by atoms with E-state index < -0.39 is 0 Å². The lowest BCUT2D eigenvalue weighted by atomic mass is 9.84. The van der Waals surface area contributed by atoms with Gasteiger partial charge in [0.05, 0.1) is 18.7 Å². The van der Waals surface area contributed by atoms with Crippen LogP contribution in [0.4, 0.5) is 0 Å². The Labute approximate surface area is 129 Å². The van der Waals surface area contributed by atoms with Crippen LogP contribution in [-0.4, -0.2) is 48.3 Å². The third-order valence-corrected chi connectivity index (χ3v) is 5.17. The number of rotatable bonds is 7. The van der Waals surface area contributed by atoms with E-state index in [1.54, 1.807) is 0 Å². The molecule has 2 aliphatic rings. The number of nitrogens with zero attached hydrogens (tertiary/aromatic N) is 2. The number of aliphatic hydroxyl groups is 1. The molecule has 21 heavy (non-hydrogen) atoms. The number of likely N-dealkylation sites (tertiary alicyclic amines) is 1. The summed E-state index contributed by atoms with van der Waals surface area (Å²) in [4.78, 5) is 2.25. The molecule has 1 heterocycles. The van der Waals surface area contributed by atoms with Crippen molar-refractivity contribution in [1.82, 2.24) is 10.2 Å². The molecule has 0 radical (unpaired) electrons. The van der Waals surface area contributed by atoms with Gasteiger partial charge < -0.3 is 10.4 Å². The molecule has 1 saturated carbocycles. The van der Waals surface area contributed by atoms with Crippen LogP contribution in [0.25, 0.3) is 0 Å². The lowest BCUT2D eigenvalue weighted by Crippen LogP contribution is -2.51. The summed E-state index contributed by atoms with van der Waals surface area (Å²) in [5, 5.41) is 22.8. The predicted molar refractivity (Wildman–Crippen MR) is 84.8 cm³/mol. The van der Waals surface area contributed by atoms with E-state index in [0.717, 1.165) is 38.4 Å². The van der Waals surface area contributed by atoms with Crippen molar-refractivity contribution in [1.29, 1.82) is 5.26 Å². The van der Waals surface area contributed by atoms with Crippen LogP contribution >= 0.6 is 0 Å². The number of hydrogen-bond acceptors (Lipinski definition) is 4. The molecule has 0 amide bonds. The van der Waals surface area contributed by atoms with Crippen molar-refractivity contribution in [3.63, 3.8) is 0 Å². The average Bonchev–Trinajstić information content (AvgIpc) is 2.37. The summed E-state index contributed by atoms with van der Waals surface area (Å²) in [6.07, 6.45) is 5.92.